The molecule has 0 radical (unpaired) electrons. The molecule has 2 unspecified atom stereocenters. The van der Waals surface area contributed by atoms with Gasteiger partial charge in [0, 0.05) is 12.6 Å². The second kappa shape index (κ2) is 5.61. The van der Waals surface area contributed by atoms with Gasteiger partial charge in [-0.05, 0) is 43.4 Å². The van der Waals surface area contributed by atoms with E-state index in [1.54, 1.807) is 12.1 Å². The molecule has 17 heavy (non-hydrogen) atoms. The van der Waals surface area contributed by atoms with Crippen LogP contribution in [0.25, 0.3) is 0 Å². The van der Waals surface area contributed by atoms with Gasteiger partial charge < -0.3 is 10.4 Å². The Morgan fingerprint density at radius 1 is 1.35 bits per heavy atom. The van der Waals surface area contributed by atoms with Crippen LogP contribution in [0.5, 0.6) is 0 Å². The molecule has 0 heterocycles. The lowest BCUT2D eigenvalue weighted by molar-refractivity contribution is 0.155. The maximum absolute atomic E-state index is 12.7. The van der Waals surface area contributed by atoms with Crippen LogP contribution in [-0.4, -0.2) is 17.7 Å². The van der Waals surface area contributed by atoms with Crippen LogP contribution in [0.1, 0.15) is 37.9 Å². The van der Waals surface area contributed by atoms with Crippen molar-refractivity contribution in [2.45, 2.75) is 38.3 Å². The maximum atomic E-state index is 12.7. The van der Waals surface area contributed by atoms with Gasteiger partial charge in [-0.25, -0.2) is 4.39 Å². The highest BCUT2D eigenvalue weighted by atomic mass is 19.1. The van der Waals surface area contributed by atoms with Crippen molar-refractivity contribution < 1.29 is 9.50 Å². The number of hydrogen-bond acceptors (Lipinski definition) is 2. The Bertz CT molecular complexity index is 348. The van der Waals surface area contributed by atoms with Crippen LogP contribution in [0.4, 0.5) is 4.39 Å². The average Bonchev–Trinajstić information content (AvgIpc) is 2.24. The van der Waals surface area contributed by atoms with Crippen molar-refractivity contribution in [3.8, 4) is 0 Å². The number of halogens is 1. The van der Waals surface area contributed by atoms with Crippen LogP contribution in [-0.2, 0) is 0 Å². The first kappa shape index (κ1) is 12.5. The normalized spacial score (nSPS) is 19.7. The zero-order valence-corrected chi connectivity index (χ0v) is 10.2. The molecule has 2 N–H and O–H groups in total. The van der Waals surface area contributed by atoms with Crippen LogP contribution >= 0.6 is 0 Å². The smallest absolute Gasteiger partial charge is 0.123 e. The summed E-state index contributed by atoms with van der Waals surface area (Å²) < 4.78 is 12.7. The molecule has 1 fully saturated rings. The Morgan fingerprint density at radius 3 is 2.53 bits per heavy atom. The van der Waals surface area contributed by atoms with Crippen molar-refractivity contribution in [3.63, 3.8) is 0 Å². The molecule has 94 valence electrons. The van der Waals surface area contributed by atoms with Crippen molar-refractivity contribution in [3.05, 3.63) is 35.6 Å². The van der Waals surface area contributed by atoms with Gasteiger partial charge in [-0.15, -0.1) is 0 Å². The molecule has 0 aromatic heterocycles. The Hall–Kier alpha value is -0.930. The minimum atomic E-state index is -0.557. The summed E-state index contributed by atoms with van der Waals surface area (Å²) in [6.07, 6.45) is 3.36. The van der Waals surface area contributed by atoms with E-state index in [-0.39, 0.29) is 5.82 Å². The number of benzene rings is 1. The Balaban J connectivity index is 1.80. The van der Waals surface area contributed by atoms with E-state index in [2.05, 4.69) is 12.2 Å². The van der Waals surface area contributed by atoms with Gasteiger partial charge in [0.05, 0.1) is 6.10 Å². The summed E-state index contributed by atoms with van der Waals surface area (Å²) in [4.78, 5) is 0. The summed E-state index contributed by atoms with van der Waals surface area (Å²) in [6, 6.07) is 6.49. The Kier molecular flexibility index (Phi) is 4.13. The van der Waals surface area contributed by atoms with Crippen LogP contribution in [0.15, 0.2) is 24.3 Å². The Morgan fingerprint density at radius 2 is 2.00 bits per heavy atom. The second-order valence-electron chi connectivity index (χ2n) is 4.96. The van der Waals surface area contributed by atoms with Gasteiger partial charge in [0.25, 0.3) is 0 Å². The molecule has 0 amide bonds. The van der Waals surface area contributed by atoms with Gasteiger partial charge in [0.15, 0.2) is 0 Å². The number of nitrogens with one attached hydrogen (secondary N) is 1. The van der Waals surface area contributed by atoms with E-state index >= 15 is 0 Å². The van der Waals surface area contributed by atoms with Crippen LogP contribution < -0.4 is 5.32 Å². The first-order valence-electron chi connectivity index (χ1n) is 6.33. The van der Waals surface area contributed by atoms with Gasteiger partial charge in [-0.1, -0.05) is 18.6 Å². The molecular weight excluding hydrogens is 217 g/mol. The fourth-order valence-electron chi connectivity index (χ4n) is 2.21. The van der Waals surface area contributed by atoms with E-state index in [1.165, 1.54) is 31.4 Å². The van der Waals surface area contributed by atoms with Crippen LogP contribution in [0, 0.1) is 11.7 Å². The minimum absolute atomic E-state index is 0.267. The highest BCUT2D eigenvalue weighted by Crippen LogP contribution is 2.29. The summed E-state index contributed by atoms with van der Waals surface area (Å²) in [5.41, 5.74) is 0.764. The molecule has 1 aliphatic rings. The zero-order chi connectivity index (χ0) is 12.3. The van der Waals surface area contributed by atoms with Gasteiger partial charge >= 0.3 is 0 Å². The first-order chi connectivity index (χ1) is 8.16. The van der Waals surface area contributed by atoms with E-state index in [0.29, 0.717) is 12.6 Å². The monoisotopic (exact) mass is 237 g/mol. The topological polar surface area (TPSA) is 32.3 Å². The summed E-state index contributed by atoms with van der Waals surface area (Å²) in [6.45, 7) is 2.70. The summed E-state index contributed by atoms with van der Waals surface area (Å²) in [5.74, 6) is 0.493. The molecular formula is C14H20FNO. The quantitative estimate of drug-likeness (QED) is 0.825. The molecule has 0 bridgehead atoms. The van der Waals surface area contributed by atoms with Crippen LogP contribution in [0.2, 0.25) is 0 Å². The van der Waals surface area contributed by atoms with E-state index in [4.69, 9.17) is 0 Å². The largest absolute Gasteiger partial charge is 0.387 e. The summed E-state index contributed by atoms with van der Waals surface area (Å²) in [5, 5.41) is 13.3. The Labute approximate surface area is 102 Å². The lowest BCUT2D eigenvalue weighted by Gasteiger charge is -2.32. The van der Waals surface area contributed by atoms with E-state index in [1.807, 2.05) is 0 Å². The molecule has 1 aromatic carbocycles. The third-order valence-corrected chi connectivity index (χ3v) is 3.74. The average molecular weight is 237 g/mol. The van der Waals surface area contributed by atoms with Crippen molar-refractivity contribution in [1.82, 2.24) is 5.32 Å². The molecule has 2 atom stereocenters. The van der Waals surface area contributed by atoms with Crippen molar-refractivity contribution in [2.75, 3.05) is 6.54 Å². The number of hydrogen-bond donors (Lipinski definition) is 2. The number of aliphatic hydroxyl groups excluding tert-OH is 1. The first-order valence-corrected chi connectivity index (χ1v) is 6.33. The van der Waals surface area contributed by atoms with E-state index in [0.717, 1.165) is 11.5 Å². The van der Waals surface area contributed by atoms with Gasteiger partial charge in [0.2, 0.25) is 0 Å². The van der Waals surface area contributed by atoms with Gasteiger partial charge in [0.1, 0.15) is 5.82 Å². The fourth-order valence-corrected chi connectivity index (χ4v) is 2.21. The molecule has 2 nitrogen and oxygen atoms in total. The van der Waals surface area contributed by atoms with E-state index < -0.39 is 6.10 Å². The van der Waals surface area contributed by atoms with Gasteiger partial charge in [-0.2, -0.15) is 0 Å². The fraction of sp³-hybridized carbons (Fsp3) is 0.571. The highest BCUT2D eigenvalue weighted by Gasteiger charge is 2.23. The van der Waals surface area contributed by atoms with E-state index in [9.17, 15) is 9.50 Å². The molecule has 2 rings (SSSR count). The van der Waals surface area contributed by atoms with Crippen molar-refractivity contribution in [2.24, 2.45) is 5.92 Å². The SMILES string of the molecule is CC(NCC(O)c1ccc(F)cc1)C1CCC1. The predicted molar refractivity (Wildman–Crippen MR) is 66.2 cm³/mol. The third-order valence-electron chi connectivity index (χ3n) is 3.74. The lowest BCUT2D eigenvalue weighted by atomic mass is 9.80. The standard InChI is InChI=1S/C14H20FNO/c1-10(11-3-2-4-11)16-9-14(17)12-5-7-13(15)8-6-12/h5-8,10-11,14,16-17H,2-4,9H2,1H3. The molecule has 1 aromatic rings. The maximum Gasteiger partial charge on any atom is 0.123 e. The molecule has 0 spiro atoms. The van der Waals surface area contributed by atoms with Crippen LogP contribution in [0.3, 0.4) is 0 Å². The van der Waals surface area contributed by atoms with Gasteiger partial charge in [-0.3, -0.25) is 0 Å². The second-order valence-corrected chi connectivity index (χ2v) is 4.96. The lowest BCUT2D eigenvalue weighted by Crippen LogP contribution is -2.39. The number of aliphatic hydroxyl groups is 1. The minimum Gasteiger partial charge on any atom is -0.387 e. The van der Waals surface area contributed by atoms with Crippen molar-refractivity contribution in [1.29, 1.82) is 0 Å². The molecule has 1 aliphatic carbocycles. The molecule has 3 heteroatoms. The zero-order valence-electron chi connectivity index (χ0n) is 10.2. The molecule has 0 saturated heterocycles. The highest BCUT2D eigenvalue weighted by molar-refractivity contribution is 5.18. The van der Waals surface area contributed by atoms with Crippen molar-refractivity contribution >= 4 is 0 Å². The number of rotatable bonds is 5. The molecule has 0 aliphatic heterocycles. The summed E-state index contributed by atoms with van der Waals surface area (Å²) >= 11 is 0. The third kappa shape index (κ3) is 3.27. The molecule has 1 saturated carbocycles. The predicted octanol–water partition coefficient (Wildman–Crippen LogP) is 2.64. The summed E-state index contributed by atoms with van der Waals surface area (Å²) in [7, 11) is 0.